The Morgan fingerprint density at radius 1 is 1.43 bits per heavy atom. The van der Waals surface area contributed by atoms with Crippen LogP contribution in [0.25, 0.3) is 0 Å². The van der Waals surface area contributed by atoms with Crippen molar-refractivity contribution in [3.63, 3.8) is 0 Å². The molecule has 0 aliphatic heterocycles. The van der Waals surface area contributed by atoms with Gasteiger partial charge in [-0.15, -0.1) is 0 Å². The third-order valence-electron chi connectivity index (χ3n) is 0. The molecule has 0 heterocycles. The zero-order valence-corrected chi connectivity index (χ0v) is 9.08. The zero-order valence-electron chi connectivity index (χ0n) is 3.70. The van der Waals surface area contributed by atoms with Crippen LogP contribution in [0.2, 0.25) is 0 Å². The minimum absolute atomic E-state index is 0. The summed E-state index contributed by atoms with van der Waals surface area (Å²) in [6.07, 6.45) is 0. The predicted molar refractivity (Wildman–Crippen MR) is 15.6 cm³/mol. The fourth-order valence-corrected chi connectivity index (χ4v) is 0. The van der Waals surface area contributed by atoms with E-state index in [-0.39, 0.29) is 46.2 Å². The molecule has 0 aromatic heterocycles. The largest absolute Gasteiger partial charge is 1.00 e. The Balaban J connectivity index is -0.0000000800. The quantitative estimate of drug-likeness (QED) is 0.357. The van der Waals surface area contributed by atoms with Crippen LogP contribution in [0.5, 0.6) is 0 Å². The van der Waals surface area contributed by atoms with E-state index in [0.29, 0.717) is 0 Å². The molecular weight excluding hydrogens is 306 g/mol. The first-order chi connectivity index (χ1) is 2.00. The van der Waals surface area contributed by atoms with Crippen molar-refractivity contribution < 1.29 is 38.1 Å². The fourth-order valence-electron chi connectivity index (χ4n) is 0. The van der Waals surface area contributed by atoms with Gasteiger partial charge >= 0.3 is 46.2 Å². The Morgan fingerprint density at radius 3 is 1.43 bits per heavy atom. The maximum absolute atomic E-state index is 8.66. The van der Waals surface area contributed by atoms with Crippen molar-refractivity contribution in [3.8, 4) is 0 Å². The molecule has 0 unspecified atom stereocenters. The first-order valence-corrected chi connectivity index (χ1v) is 2.24. The molecule has 0 rings (SSSR count). The SMILES string of the molecule is O=P([O-])([O-])O.[Li+].[Tl+]. The Kier molecular flexibility index (Phi) is 13.0. The summed E-state index contributed by atoms with van der Waals surface area (Å²) >= 11 is 0. The number of rotatable bonds is 0. The van der Waals surface area contributed by atoms with E-state index in [1.54, 1.807) is 0 Å². The molecule has 0 spiro atoms. The second-order valence-electron chi connectivity index (χ2n) is 0.469. The third-order valence-corrected chi connectivity index (χ3v) is 0. The van der Waals surface area contributed by atoms with Crippen LogP contribution in [0.15, 0.2) is 0 Å². The second-order valence-corrected chi connectivity index (χ2v) is 1.41. The van der Waals surface area contributed by atoms with Crippen molar-refractivity contribution in [1.82, 2.24) is 0 Å². The van der Waals surface area contributed by atoms with Gasteiger partial charge in [0.15, 0.2) is 0 Å². The molecule has 0 amide bonds. The van der Waals surface area contributed by atoms with Gasteiger partial charge in [-0.25, -0.2) is 0 Å². The van der Waals surface area contributed by atoms with Gasteiger partial charge in [0, 0.05) is 0 Å². The van der Waals surface area contributed by atoms with Gasteiger partial charge in [0.1, 0.15) is 0 Å². The van der Waals surface area contributed by atoms with E-state index in [0.717, 1.165) is 0 Å². The van der Waals surface area contributed by atoms with Gasteiger partial charge in [-0.2, -0.15) is 0 Å². The van der Waals surface area contributed by atoms with E-state index in [9.17, 15) is 0 Å². The zero-order chi connectivity index (χ0) is 4.50. The molecule has 1 N–H and O–H groups in total. The average molecular weight is 307 g/mol. The van der Waals surface area contributed by atoms with Crippen LogP contribution in [0.4, 0.5) is 0 Å². The molecule has 0 saturated heterocycles. The Morgan fingerprint density at radius 2 is 1.43 bits per heavy atom. The van der Waals surface area contributed by atoms with Crippen molar-refractivity contribution in [3.05, 3.63) is 0 Å². The summed E-state index contributed by atoms with van der Waals surface area (Å²) in [5, 5.41) is 0. The van der Waals surface area contributed by atoms with Gasteiger partial charge in [0.2, 0.25) is 0 Å². The fraction of sp³-hybridized carbons (Fsp3) is 0. The summed E-state index contributed by atoms with van der Waals surface area (Å²) in [5.41, 5.74) is 0. The first kappa shape index (κ1) is 15.9. The number of hydrogen-bond donors (Lipinski definition) is 1. The molecule has 4 nitrogen and oxygen atoms in total. The minimum Gasteiger partial charge on any atom is -0.790 e. The van der Waals surface area contributed by atoms with Gasteiger partial charge in [-0.3, -0.25) is 0 Å². The third kappa shape index (κ3) is 91.1. The molecule has 0 bridgehead atoms. The molecule has 0 atom stereocenters. The Hall–Kier alpha value is 1.63. The molecule has 0 aromatic rings. The van der Waals surface area contributed by atoms with Crippen molar-refractivity contribution in [2.45, 2.75) is 0 Å². The van der Waals surface area contributed by atoms with Crippen LogP contribution in [0.1, 0.15) is 0 Å². The molecular formula is HLiO4PTl. The molecule has 7 heteroatoms. The van der Waals surface area contributed by atoms with Crippen LogP contribution < -0.4 is 28.6 Å². The van der Waals surface area contributed by atoms with Gasteiger partial charge < -0.3 is 19.2 Å². The van der Waals surface area contributed by atoms with Gasteiger partial charge in [-0.05, 0) is 0 Å². The topological polar surface area (TPSA) is 83.4 Å². The standard InChI is InChI=1S/Li.H3O4P.Tl/c;1-5(2,3)4;/h;(H3,1,2,3,4);/q+1;;+1/p-2. The summed E-state index contributed by atoms with van der Waals surface area (Å²) in [6, 6.07) is 0. The summed E-state index contributed by atoms with van der Waals surface area (Å²) < 4.78 is 8.66. The Bertz CT molecular complexity index is 57.8. The number of hydrogen-bond acceptors (Lipinski definition) is 3. The van der Waals surface area contributed by atoms with E-state index < -0.39 is 7.82 Å². The molecule has 0 radical (unpaired) electrons. The monoisotopic (exact) mass is 308 g/mol. The summed E-state index contributed by atoms with van der Waals surface area (Å²) in [4.78, 5) is 24.3. The Labute approximate surface area is 72.9 Å². The maximum atomic E-state index is 8.66. The van der Waals surface area contributed by atoms with Crippen LogP contribution >= 0.6 is 7.82 Å². The predicted octanol–water partition coefficient (Wildman–Crippen LogP) is -5.57. The summed E-state index contributed by atoms with van der Waals surface area (Å²) in [6.45, 7) is 0. The van der Waals surface area contributed by atoms with E-state index in [4.69, 9.17) is 19.2 Å². The van der Waals surface area contributed by atoms with Crippen molar-refractivity contribution in [2.24, 2.45) is 0 Å². The molecule has 0 aromatic carbocycles. The van der Waals surface area contributed by atoms with Crippen molar-refractivity contribution >= 4 is 35.1 Å². The molecule has 0 saturated carbocycles. The molecule has 0 aliphatic rings. The first-order valence-electron chi connectivity index (χ1n) is 0.748. The van der Waals surface area contributed by atoms with Crippen LogP contribution in [0, 0.1) is 0 Å². The van der Waals surface area contributed by atoms with Gasteiger partial charge in [0.05, 0.1) is 7.82 Å². The summed E-state index contributed by atoms with van der Waals surface area (Å²) in [7, 11) is -5.14. The normalized spacial score (nSPS) is 8.43. The minimum atomic E-state index is -5.14. The molecule has 0 fully saturated rings. The number of phosphoric acid groups is 1. The average Bonchev–Trinajstić information content (AvgIpc) is 0.722. The van der Waals surface area contributed by atoms with E-state index in [1.165, 1.54) is 0 Å². The van der Waals surface area contributed by atoms with Crippen molar-refractivity contribution in [2.75, 3.05) is 0 Å². The van der Waals surface area contributed by atoms with E-state index in [2.05, 4.69) is 0 Å². The van der Waals surface area contributed by atoms with E-state index in [1.807, 2.05) is 0 Å². The van der Waals surface area contributed by atoms with Crippen molar-refractivity contribution in [1.29, 1.82) is 0 Å². The van der Waals surface area contributed by atoms with Gasteiger partial charge in [0.25, 0.3) is 0 Å². The second kappa shape index (κ2) is 5.76. The maximum Gasteiger partial charge on any atom is 1.00 e. The van der Waals surface area contributed by atoms with Crippen LogP contribution in [-0.4, -0.2) is 32.2 Å². The molecule has 7 heavy (non-hydrogen) atoms. The van der Waals surface area contributed by atoms with Crippen LogP contribution in [0.3, 0.4) is 0 Å². The van der Waals surface area contributed by atoms with E-state index >= 15 is 0 Å². The summed E-state index contributed by atoms with van der Waals surface area (Å²) in [5.74, 6) is 0. The molecule has 34 valence electrons. The van der Waals surface area contributed by atoms with Gasteiger partial charge in [-0.1, -0.05) is 0 Å². The molecule has 0 aliphatic carbocycles. The smallest absolute Gasteiger partial charge is 0.790 e. The van der Waals surface area contributed by atoms with Crippen LogP contribution in [-0.2, 0) is 4.57 Å².